The summed E-state index contributed by atoms with van der Waals surface area (Å²) in [6, 6.07) is 4.07. The fourth-order valence-electron chi connectivity index (χ4n) is 4.65. The molecule has 1 saturated carbocycles. The highest BCUT2D eigenvalue weighted by Gasteiger charge is 2.49. The van der Waals surface area contributed by atoms with Crippen molar-refractivity contribution in [3.05, 3.63) is 29.3 Å². The van der Waals surface area contributed by atoms with E-state index in [1.165, 1.54) is 11.3 Å². The molecule has 1 N–H and O–H groups in total. The molecule has 11 heteroatoms. The fourth-order valence-corrected chi connectivity index (χ4v) is 5.30. The first-order valence-electron chi connectivity index (χ1n) is 11.6. The van der Waals surface area contributed by atoms with Gasteiger partial charge in [0.05, 0.1) is 17.6 Å². The van der Waals surface area contributed by atoms with Crippen LogP contribution in [0.1, 0.15) is 50.4 Å². The molecule has 2 bridgehead atoms. The fraction of sp³-hybridized carbons (Fsp3) is 0.522. The maximum atomic E-state index is 12.9. The molecule has 3 aliphatic heterocycles. The highest BCUT2D eigenvalue weighted by Crippen LogP contribution is 2.36. The van der Waals surface area contributed by atoms with Crippen molar-refractivity contribution in [3.8, 4) is 10.7 Å². The molecule has 4 fully saturated rings. The van der Waals surface area contributed by atoms with Gasteiger partial charge < -0.3 is 15.0 Å². The van der Waals surface area contributed by atoms with Gasteiger partial charge in [0.25, 0.3) is 5.91 Å². The number of rotatable bonds is 4. The second kappa shape index (κ2) is 7.66. The average molecular weight is 482 g/mol. The van der Waals surface area contributed by atoms with E-state index in [2.05, 4.69) is 15.2 Å². The molecule has 178 valence electrons. The lowest BCUT2D eigenvalue weighted by atomic mass is 9.88. The highest BCUT2D eigenvalue weighted by molar-refractivity contribution is 7.13. The summed E-state index contributed by atoms with van der Waals surface area (Å²) in [6.07, 6.45) is 4.47. The Kier molecular flexibility index (Phi) is 4.80. The highest BCUT2D eigenvalue weighted by atomic mass is 32.1. The molecule has 1 aliphatic carbocycles. The molecule has 4 aliphatic rings. The number of pyridine rings is 1. The van der Waals surface area contributed by atoms with Crippen molar-refractivity contribution in [2.45, 2.75) is 63.8 Å². The van der Waals surface area contributed by atoms with E-state index in [-0.39, 0.29) is 30.1 Å². The van der Waals surface area contributed by atoms with Gasteiger partial charge in [-0.2, -0.15) is 4.98 Å². The smallest absolute Gasteiger partial charge is 0.410 e. The molecule has 0 spiro atoms. The third kappa shape index (κ3) is 3.77. The largest absolute Gasteiger partial charge is 0.444 e. The summed E-state index contributed by atoms with van der Waals surface area (Å²) in [5, 5.41) is 10.6. The van der Waals surface area contributed by atoms with Crippen LogP contribution in [0.2, 0.25) is 0 Å². The van der Waals surface area contributed by atoms with Crippen LogP contribution in [-0.4, -0.2) is 73.3 Å². The summed E-state index contributed by atoms with van der Waals surface area (Å²) >= 11 is 1.51. The van der Waals surface area contributed by atoms with Gasteiger partial charge in [0.2, 0.25) is 5.95 Å². The summed E-state index contributed by atoms with van der Waals surface area (Å²) in [4.78, 5) is 38.7. The van der Waals surface area contributed by atoms with Crippen molar-refractivity contribution in [1.29, 1.82) is 0 Å². The van der Waals surface area contributed by atoms with Gasteiger partial charge in [-0.1, -0.05) is 0 Å². The van der Waals surface area contributed by atoms with Gasteiger partial charge in [-0.25, -0.2) is 14.3 Å². The average Bonchev–Trinajstić information content (AvgIpc) is 3.24. The standard InChI is InChI=1S/C23H27N7O3S/c1-23(2,3)33-22(32)29-14-10-15(29)12-28(11-14)21-26-18-16(19(31)25-13-4-5-13)6-7-17(30(18)27-21)20-24-8-9-34-20/h6-9,13-15H,4-5,10-12H2,1-3H3,(H,25,31). The number of piperazine rings is 1. The Morgan fingerprint density at radius 2 is 1.94 bits per heavy atom. The Morgan fingerprint density at radius 1 is 1.18 bits per heavy atom. The predicted molar refractivity (Wildman–Crippen MR) is 127 cm³/mol. The summed E-state index contributed by atoms with van der Waals surface area (Å²) in [5.74, 6) is 0.428. The molecule has 6 heterocycles. The molecule has 10 nitrogen and oxygen atoms in total. The molecule has 3 saturated heterocycles. The van der Waals surface area contributed by atoms with Crippen LogP contribution >= 0.6 is 11.3 Å². The minimum absolute atomic E-state index is 0.0660. The first-order chi connectivity index (χ1) is 16.3. The van der Waals surface area contributed by atoms with Crippen LogP contribution in [0.25, 0.3) is 16.3 Å². The number of anilines is 1. The number of carbonyl (C=O) groups excluding carboxylic acids is 2. The maximum Gasteiger partial charge on any atom is 0.410 e. The van der Waals surface area contributed by atoms with Crippen molar-refractivity contribution in [1.82, 2.24) is 29.8 Å². The molecule has 0 aromatic carbocycles. The summed E-state index contributed by atoms with van der Waals surface area (Å²) in [7, 11) is 0. The molecule has 34 heavy (non-hydrogen) atoms. The predicted octanol–water partition coefficient (Wildman–Crippen LogP) is 2.94. The van der Waals surface area contributed by atoms with Crippen molar-refractivity contribution in [3.63, 3.8) is 0 Å². The van der Waals surface area contributed by atoms with Gasteiger partial charge in [0, 0.05) is 30.7 Å². The van der Waals surface area contributed by atoms with Crippen LogP contribution < -0.4 is 10.2 Å². The molecule has 3 aromatic rings. The van der Waals surface area contributed by atoms with Crippen molar-refractivity contribution in [2.75, 3.05) is 18.0 Å². The minimum Gasteiger partial charge on any atom is -0.444 e. The van der Waals surface area contributed by atoms with Crippen LogP contribution in [0.15, 0.2) is 23.7 Å². The van der Waals surface area contributed by atoms with Gasteiger partial charge in [-0.15, -0.1) is 16.4 Å². The van der Waals surface area contributed by atoms with Crippen LogP contribution in [0.4, 0.5) is 10.7 Å². The quantitative estimate of drug-likeness (QED) is 0.611. The Labute approximate surface area is 200 Å². The van der Waals surface area contributed by atoms with E-state index in [9.17, 15) is 9.59 Å². The number of aromatic nitrogens is 4. The Morgan fingerprint density at radius 3 is 2.59 bits per heavy atom. The molecule has 2 amide bonds. The van der Waals surface area contributed by atoms with E-state index in [1.807, 2.05) is 37.1 Å². The molecule has 3 aromatic heterocycles. The topological polar surface area (TPSA) is 105 Å². The zero-order valence-corrected chi connectivity index (χ0v) is 20.2. The zero-order valence-electron chi connectivity index (χ0n) is 19.4. The Bertz CT molecular complexity index is 1250. The zero-order chi connectivity index (χ0) is 23.6. The lowest BCUT2D eigenvalue weighted by molar-refractivity contribution is -0.0381. The number of hydrogen-bond donors (Lipinski definition) is 1. The number of nitrogens with one attached hydrogen (secondary N) is 1. The Hall–Kier alpha value is -3.21. The van der Waals surface area contributed by atoms with Crippen LogP contribution in [0.3, 0.4) is 0 Å². The van der Waals surface area contributed by atoms with Gasteiger partial charge in [-0.05, 0) is 52.2 Å². The van der Waals surface area contributed by atoms with Crippen LogP contribution in [0.5, 0.6) is 0 Å². The lowest BCUT2D eigenvalue weighted by Gasteiger charge is -2.55. The molecular formula is C23H27N7O3S. The molecule has 0 radical (unpaired) electrons. The second-order valence-electron chi connectivity index (χ2n) is 10.2. The first-order valence-corrected chi connectivity index (χ1v) is 12.5. The van der Waals surface area contributed by atoms with E-state index < -0.39 is 5.60 Å². The number of hydrogen-bond acceptors (Lipinski definition) is 8. The number of piperidine rings is 1. The van der Waals surface area contributed by atoms with E-state index in [0.717, 1.165) is 30.0 Å². The van der Waals surface area contributed by atoms with E-state index in [4.69, 9.17) is 14.8 Å². The maximum absolute atomic E-state index is 12.9. The van der Waals surface area contributed by atoms with Gasteiger partial charge in [0.15, 0.2) is 5.65 Å². The minimum atomic E-state index is -0.520. The number of carbonyl (C=O) groups is 2. The van der Waals surface area contributed by atoms with Gasteiger partial charge >= 0.3 is 6.09 Å². The molecule has 2 atom stereocenters. The van der Waals surface area contributed by atoms with Crippen molar-refractivity contribution in [2.24, 2.45) is 0 Å². The van der Waals surface area contributed by atoms with Crippen LogP contribution in [-0.2, 0) is 4.74 Å². The third-order valence-corrected chi connectivity index (χ3v) is 7.16. The number of amides is 2. The summed E-state index contributed by atoms with van der Waals surface area (Å²) < 4.78 is 7.31. The molecule has 7 rings (SSSR count). The molecular weight excluding hydrogens is 454 g/mol. The molecule has 2 unspecified atom stereocenters. The van der Waals surface area contributed by atoms with Crippen molar-refractivity contribution < 1.29 is 14.3 Å². The summed E-state index contributed by atoms with van der Waals surface area (Å²) in [6.45, 7) is 6.89. The first kappa shape index (κ1) is 21.3. The number of thiazole rings is 1. The SMILES string of the molecule is CC(C)(C)OC(=O)N1C2CC1CN(c1nc3c(C(=O)NC4CC4)ccc(-c4nccs4)n3n1)C2. The normalized spacial score (nSPS) is 22.0. The van der Waals surface area contributed by atoms with Gasteiger partial charge in [0.1, 0.15) is 16.3 Å². The Balaban J connectivity index is 1.30. The van der Waals surface area contributed by atoms with Crippen molar-refractivity contribution >= 4 is 34.9 Å². The number of nitrogens with zero attached hydrogens (tertiary/aromatic N) is 6. The van der Waals surface area contributed by atoms with Crippen LogP contribution in [0, 0.1) is 0 Å². The number of fused-ring (bicyclic) bond motifs is 3. The van der Waals surface area contributed by atoms with E-state index in [0.29, 0.717) is 30.2 Å². The number of ether oxygens (including phenoxy) is 1. The van der Waals surface area contributed by atoms with E-state index in [1.54, 1.807) is 16.8 Å². The third-order valence-electron chi connectivity index (χ3n) is 6.36. The summed E-state index contributed by atoms with van der Waals surface area (Å²) in [5.41, 5.74) is 1.30. The second-order valence-corrected chi connectivity index (χ2v) is 11.1. The monoisotopic (exact) mass is 481 g/mol. The van der Waals surface area contributed by atoms with Gasteiger partial charge in [-0.3, -0.25) is 9.69 Å². The van der Waals surface area contributed by atoms with E-state index >= 15 is 0 Å². The lowest BCUT2D eigenvalue weighted by Crippen LogP contribution is -2.70.